The average Bonchev–Trinajstić information content (AvgIpc) is 3.25. The highest BCUT2D eigenvalue weighted by atomic mass is 16.5. The molecule has 5 rings (SSSR count). The van der Waals surface area contributed by atoms with Gasteiger partial charge in [0.15, 0.2) is 0 Å². The Hall–Kier alpha value is -1.57. The topological polar surface area (TPSA) is 26.3 Å². The van der Waals surface area contributed by atoms with Crippen LogP contribution < -0.4 is 0 Å². The van der Waals surface area contributed by atoms with E-state index < -0.39 is 0 Å². The van der Waals surface area contributed by atoms with Gasteiger partial charge in [0.05, 0.1) is 5.56 Å². The maximum Gasteiger partial charge on any atom is 0.338 e. The summed E-state index contributed by atoms with van der Waals surface area (Å²) in [7, 11) is 0. The highest BCUT2D eigenvalue weighted by molar-refractivity contribution is 5.89. The van der Waals surface area contributed by atoms with Crippen molar-refractivity contribution in [2.24, 2.45) is 52.3 Å². The molecule has 204 valence electrons. The van der Waals surface area contributed by atoms with Gasteiger partial charge in [0.1, 0.15) is 6.10 Å². The molecule has 3 saturated carbocycles. The van der Waals surface area contributed by atoms with Gasteiger partial charge in [0, 0.05) is 0 Å². The number of rotatable bonds is 7. The first-order valence-corrected chi connectivity index (χ1v) is 15.6. The zero-order valence-corrected chi connectivity index (χ0v) is 24.5. The summed E-state index contributed by atoms with van der Waals surface area (Å²) >= 11 is 0. The molecule has 0 N–H and O–H groups in total. The molecule has 1 aromatic rings. The van der Waals surface area contributed by atoms with Crippen molar-refractivity contribution in [2.75, 3.05) is 0 Å². The summed E-state index contributed by atoms with van der Waals surface area (Å²) in [6.07, 6.45) is 15.6. The zero-order valence-electron chi connectivity index (χ0n) is 24.5. The van der Waals surface area contributed by atoms with Crippen molar-refractivity contribution in [3.8, 4) is 0 Å². The van der Waals surface area contributed by atoms with Crippen LogP contribution in [0.5, 0.6) is 0 Å². The molecule has 0 aromatic heterocycles. The lowest BCUT2D eigenvalue weighted by atomic mass is 9.47. The summed E-state index contributed by atoms with van der Waals surface area (Å²) in [6.45, 7) is 15.0. The van der Waals surface area contributed by atoms with Crippen LogP contribution in [0, 0.1) is 52.3 Å². The van der Waals surface area contributed by atoms with Gasteiger partial charge in [0.2, 0.25) is 0 Å². The Morgan fingerprint density at radius 2 is 1.62 bits per heavy atom. The van der Waals surface area contributed by atoms with Gasteiger partial charge in [-0.3, -0.25) is 0 Å². The molecule has 4 aliphatic carbocycles. The van der Waals surface area contributed by atoms with Crippen LogP contribution in [0.4, 0.5) is 0 Å². The van der Waals surface area contributed by atoms with Crippen LogP contribution in [-0.2, 0) is 4.74 Å². The summed E-state index contributed by atoms with van der Waals surface area (Å²) in [6, 6.07) is 9.51. The second-order valence-electron chi connectivity index (χ2n) is 14.4. The molecule has 3 fully saturated rings. The summed E-state index contributed by atoms with van der Waals surface area (Å²) in [5.74, 6) is 5.39. The molecule has 0 heterocycles. The third kappa shape index (κ3) is 4.96. The fourth-order valence-corrected chi connectivity index (χ4v) is 9.41. The minimum absolute atomic E-state index is 0.0690. The van der Waals surface area contributed by atoms with Crippen LogP contribution in [-0.4, -0.2) is 12.1 Å². The number of carbonyl (C=O) groups excluding carboxylic acids is 1. The van der Waals surface area contributed by atoms with E-state index in [0.29, 0.717) is 22.3 Å². The van der Waals surface area contributed by atoms with Crippen molar-refractivity contribution in [3.05, 3.63) is 47.5 Å². The van der Waals surface area contributed by atoms with Crippen molar-refractivity contribution < 1.29 is 9.53 Å². The Kier molecular flexibility index (Phi) is 7.69. The lowest BCUT2D eigenvalue weighted by Crippen LogP contribution is -2.50. The van der Waals surface area contributed by atoms with Crippen LogP contribution in [0.15, 0.2) is 42.0 Å². The van der Waals surface area contributed by atoms with Gasteiger partial charge in [-0.2, -0.15) is 0 Å². The van der Waals surface area contributed by atoms with E-state index in [1.54, 1.807) is 0 Å². The normalized spacial score (nSPS) is 38.7. The third-order valence-corrected chi connectivity index (χ3v) is 12.3. The Labute approximate surface area is 227 Å². The first kappa shape index (κ1) is 27.0. The number of hydrogen-bond acceptors (Lipinski definition) is 2. The van der Waals surface area contributed by atoms with E-state index in [4.69, 9.17) is 4.74 Å². The standard InChI is InChI=1S/C35H52O2/c1-23(2)24(3)12-13-25(4)30-16-17-31-29-15-14-27-22-28(37-33(36)26-10-8-7-9-11-26)18-20-34(27,5)32(29)19-21-35(30,31)6/h7-11,15,23-25,27-28,30-32H,12-14,16-22H2,1-6H3. The maximum atomic E-state index is 12.7. The lowest BCUT2D eigenvalue weighted by Gasteiger charge is -2.58. The Morgan fingerprint density at radius 1 is 0.919 bits per heavy atom. The highest BCUT2D eigenvalue weighted by Crippen LogP contribution is 2.67. The van der Waals surface area contributed by atoms with Gasteiger partial charge in [-0.1, -0.05) is 84.2 Å². The van der Waals surface area contributed by atoms with Gasteiger partial charge in [-0.25, -0.2) is 4.79 Å². The number of benzene rings is 1. The predicted molar refractivity (Wildman–Crippen MR) is 153 cm³/mol. The number of esters is 1. The third-order valence-electron chi connectivity index (χ3n) is 12.3. The second kappa shape index (κ2) is 10.5. The predicted octanol–water partition coefficient (Wildman–Crippen LogP) is 9.50. The molecule has 2 heteroatoms. The van der Waals surface area contributed by atoms with Crippen LogP contribution >= 0.6 is 0 Å². The molecule has 0 saturated heterocycles. The average molecular weight is 505 g/mol. The van der Waals surface area contributed by atoms with Crippen LogP contribution in [0.2, 0.25) is 0 Å². The number of allylic oxidation sites excluding steroid dienone is 2. The van der Waals surface area contributed by atoms with Crippen LogP contribution in [0.25, 0.3) is 0 Å². The molecule has 9 atom stereocenters. The van der Waals surface area contributed by atoms with Gasteiger partial charge in [-0.05, 0) is 116 Å². The minimum Gasteiger partial charge on any atom is -0.459 e. The minimum atomic E-state index is -0.149. The molecular weight excluding hydrogens is 452 g/mol. The molecule has 37 heavy (non-hydrogen) atoms. The molecule has 4 aliphatic rings. The number of fused-ring (bicyclic) bond motifs is 5. The lowest BCUT2D eigenvalue weighted by molar-refractivity contribution is -0.0524. The van der Waals surface area contributed by atoms with Crippen molar-refractivity contribution >= 4 is 5.97 Å². The van der Waals surface area contributed by atoms with Gasteiger partial charge in [0.25, 0.3) is 0 Å². The van der Waals surface area contributed by atoms with E-state index in [2.05, 4.69) is 47.6 Å². The van der Waals surface area contributed by atoms with E-state index in [1.165, 1.54) is 51.4 Å². The van der Waals surface area contributed by atoms with Crippen molar-refractivity contribution in [3.63, 3.8) is 0 Å². The Balaban J connectivity index is 1.25. The quantitative estimate of drug-likeness (QED) is 0.273. The number of hydrogen-bond donors (Lipinski definition) is 0. The molecular formula is C35H52O2. The first-order chi connectivity index (χ1) is 17.6. The monoisotopic (exact) mass is 504 g/mol. The second-order valence-corrected chi connectivity index (χ2v) is 14.4. The Bertz CT molecular complexity index is 978. The van der Waals surface area contributed by atoms with E-state index in [9.17, 15) is 4.79 Å². The summed E-state index contributed by atoms with van der Waals surface area (Å²) < 4.78 is 6.03. The zero-order chi connectivity index (χ0) is 26.4. The molecule has 0 amide bonds. The summed E-state index contributed by atoms with van der Waals surface area (Å²) in [5, 5.41) is 0. The highest BCUT2D eigenvalue weighted by Gasteiger charge is 2.58. The summed E-state index contributed by atoms with van der Waals surface area (Å²) in [5.41, 5.74) is 3.39. The first-order valence-electron chi connectivity index (χ1n) is 15.6. The van der Waals surface area contributed by atoms with Gasteiger partial charge < -0.3 is 4.74 Å². The smallest absolute Gasteiger partial charge is 0.338 e. The fraction of sp³-hybridized carbons (Fsp3) is 0.743. The molecule has 0 aliphatic heterocycles. The van der Waals surface area contributed by atoms with Crippen molar-refractivity contribution in [1.29, 1.82) is 0 Å². The summed E-state index contributed by atoms with van der Waals surface area (Å²) in [4.78, 5) is 12.7. The van der Waals surface area contributed by atoms with Gasteiger partial charge >= 0.3 is 5.97 Å². The Morgan fingerprint density at radius 3 is 2.35 bits per heavy atom. The van der Waals surface area contributed by atoms with E-state index in [-0.39, 0.29) is 12.1 Å². The molecule has 1 aromatic carbocycles. The van der Waals surface area contributed by atoms with Gasteiger partial charge in [-0.15, -0.1) is 0 Å². The van der Waals surface area contributed by atoms with Crippen LogP contribution in [0.1, 0.15) is 116 Å². The molecule has 0 radical (unpaired) electrons. The fourth-order valence-electron chi connectivity index (χ4n) is 9.41. The molecule has 2 nitrogen and oxygen atoms in total. The van der Waals surface area contributed by atoms with E-state index in [1.807, 2.05) is 35.9 Å². The van der Waals surface area contributed by atoms with Crippen molar-refractivity contribution in [2.45, 2.75) is 112 Å². The maximum absolute atomic E-state index is 12.7. The molecule has 9 unspecified atom stereocenters. The molecule has 0 spiro atoms. The van der Waals surface area contributed by atoms with E-state index >= 15 is 0 Å². The largest absolute Gasteiger partial charge is 0.459 e. The SMILES string of the molecule is CC(C)C(C)CCC(C)C1CCC2C3=CCC4CC(OC(=O)c5ccccc5)CCC4(C)C3CCC21C. The van der Waals surface area contributed by atoms with Crippen LogP contribution in [0.3, 0.4) is 0 Å². The van der Waals surface area contributed by atoms with E-state index in [0.717, 1.165) is 48.3 Å². The number of ether oxygens (including phenoxy) is 1. The number of carbonyl (C=O) groups is 1. The molecule has 0 bridgehead atoms. The van der Waals surface area contributed by atoms with Crippen molar-refractivity contribution in [1.82, 2.24) is 0 Å².